The molecule has 0 aromatic heterocycles. The second-order valence-electron chi connectivity index (χ2n) is 8.81. The summed E-state index contributed by atoms with van der Waals surface area (Å²) in [4.78, 5) is 18.2. The number of piperidine rings is 1. The molecule has 1 spiro atoms. The van der Waals surface area contributed by atoms with E-state index < -0.39 is 0 Å². The van der Waals surface area contributed by atoms with Gasteiger partial charge in [-0.05, 0) is 64.1 Å². The van der Waals surface area contributed by atoms with Crippen LogP contribution in [0.1, 0.15) is 52.5 Å². The number of rotatable bonds is 5. The van der Waals surface area contributed by atoms with Crippen molar-refractivity contribution in [2.24, 2.45) is 11.3 Å². The van der Waals surface area contributed by atoms with Crippen LogP contribution in [0.25, 0.3) is 0 Å². The van der Waals surface area contributed by atoms with Crippen molar-refractivity contribution in [3.05, 3.63) is 35.9 Å². The van der Waals surface area contributed by atoms with Gasteiger partial charge in [0.05, 0.1) is 5.41 Å². The summed E-state index contributed by atoms with van der Waals surface area (Å²) >= 11 is 0. The molecule has 1 aromatic carbocycles. The molecule has 1 amide bonds. The van der Waals surface area contributed by atoms with E-state index in [2.05, 4.69) is 67.8 Å². The van der Waals surface area contributed by atoms with Crippen LogP contribution in [0.15, 0.2) is 30.3 Å². The molecular weight excluding hydrogens is 308 g/mol. The molecule has 2 fully saturated rings. The molecule has 0 bridgehead atoms. The van der Waals surface area contributed by atoms with Gasteiger partial charge in [0.25, 0.3) is 0 Å². The third-order valence-corrected chi connectivity index (χ3v) is 6.14. The van der Waals surface area contributed by atoms with Crippen LogP contribution in [-0.4, -0.2) is 47.4 Å². The first-order valence-corrected chi connectivity index (χ1v) is 10.0. The average Bonchev–Trinajstić information content (AvgIpc) is 2.81. The number of benzene rings is 1. The Balaban J connectivity index is 1.77. The molecule has 2 aliphatic heterocycles. The zero-order valence-electron chi connectivity index (χ0n) is 16.4. The van der Waals surface area contributed by atoms with Gasteiger partial charge in [-0.15, -0.1) is 0 Å². The standard InChI is InChI=1S/C22H34N2O/c1-17(2)16-24-20(14-19-8-6-5-7-9-19)15-22(21(24)25)10-12-23(13-11-22)18(3)4/h5-9,17-18,20H,10-16H2,1-4H3. The van der Waals surface area contributed by atoms with E-state index in [1.54, 1.807) is 0 Å². The van der Waals surface area contributed by atoms with Crippen LogP contribution >= 0.6 is 0 Å². The summed E-state index contributed by atoms with van der Waals surface area (Å²) in [6, 6.07) is 11.6. The summed E-state index contributed by atoms with van der Waals surface area (Å²) in [6.45, 7) is 12.0. The van der Waals surface area contributed by atoms with E-state index in [0.717, 1.165) is 45.3 Å². The summed E-state index contributed by atoms with van der Waals surface area (Å²) in [5.74, 6) is 0.957. The van der Waals surface area contributed by atoms with Gasteiger partial charge < -0.3 is 9.80 Å². The summed E-state index contributed by atoms with van der Waals surface area (Å²) in [6.07, 6.45) is 4.10. The van der Waals surface area contributed by atoms with Crippen molar-refractivity contribution in [2.75, 3.05) is 19.6 Å². The number of nitrogens with zero attached hydrogens (tertiary/aromatic N) is 2. The molecule has 2 aliphatic rings. The number of hydrogen-bond donors (Lipinski definition) is 0. The molecule has 3 heteroatoms. The fraction of sp³-hybridized carbons (Fsp3) is 0.682. The van der Waals surface area contributed by atoms with Gasteiger partial charge >= 0.3 is 0 Å². The summed E-state index contributed by atoms with van der Waals surface area (Å²) < 4.78 is 0. The number of amides is 1. The van der Waals surface area contributed by atoms with Crippen LogP contribution in [0.2, 0.25) is 0 Å². The van der Waals surface area contributed by atoms with Gasteiger partial charge in [0.15, 0.2) is 0 Å². The molecule has 1 aromatic rings. The number of likely N-dealkylation sites (tertiary alicyclic amines) is 2. The lowest BCUT2D eigenvalue weighted by atomic mass is 9.75. The van der Waals surface area contributed by atoms with Crippen molar-refractivity contribution in [2.45, 2.75) is 65.5 Å². The Hall–Kier alpha value is -1.35. The Morgan fingerprint density at radius 3 is 2.28 bits per heavy atom. The van der Waals surface area contributed by atoms with Crippen LogP contribution in [0.5, 0.6) is 0 Å². The number of carbonyl (C=O) groups excluding carboxylic acids is 1. The molecule has 0 N–H and O–H groups in total. The highest BCUT2D eigenvalue weighted by Gasteiger charge is 2.52. The van der Waals surface area contributed by atoms with Crippen LogP contribution in [-0.2, 0) is 11.2 Å². The van der Waals surface area contributed by atoms with Crippen molar-refractivity contribution in [1.29, 1.82) is 0 Å². The fourth-order valence-electron chi connectivity index (χ4n) is 4.70. The maximum Gasteiger partial charge on any atom is 0.229 e. The zero-order valence-corrected chi connectivity index (χ0v) is 16.4. The third kappa shape index (κ3) is 3.92. The van der Waals surface area contributed by atoms with E-state index in [-0.39, 0.29) is 5.41 Å². The predicted octanol–water partition coefficient (Wildman–Crippen LogP) is 3.98. The van der Waals surface area contributed by atoms with E-state index in [9.17, 15) is 4.79 Å². The van der Waals surface area contributed by atoms with Crippen molar-refractivity contribution in [3.63, 3.8) is 0 Å². The lowest BCUT2D eigenvalue weighted by Gasteiger charge is -2.39. The summed E-state index contributed by atoms with van der Waals surface area (Å²) in [5.41, 5.74) is 1.26. The topological polar surface area (TPSA) is 23.6 Å². The van der Waals surface area contributed by atoms with Crippen LogP contribution in [0, 0.1) is 11.3 Å². The zero-order chi connectivity index (χ0) is 18.0. The summed E-state index contributed by atoms with van der Waals surface area (Å²) in [7, 11) is 0. The third-order valence-electron chi connectivity index (χ3n) is 6.14. The normalized spacial score (nSPS) is 24.0. The maximum atomic E-state index is 13.4. The van der Waals surface area contributed by atoms with Crippen molar-refractivity contribution in [3.8, 4) is 0 Å². The Kier molecular flexibility index (Phi) is 5.52. The lowest BCUT2D eigenvalue weighted by molar-refractivity contribution is -0.139. The molecule has 0 aliphatic carbocycles. The molecule has 3 nitrogen and oxygen atoms in total. The molecule has 138 valence electrons. The van der Waals surface area contributed by atoms with Gasteiger partial charge in [-0.2, -0.15) is 0 Å². The van der Waals surface area contributed by atoms with Gasteiger partial charge in [-0.3, -0.25) is 4.79 Å². The monoisotopic (exact) mass is 342 g/mol. The highest BCUT2D eigenvalue weighted by molar-refractivity contribution is 5.85. The second kappa shape index (κ2) is 7.49. The van der Waals surface area contributed by atoms with Gasteiger partial charge in [-0.25, -0.2) is 0 Å². The van der Waals surface area contributed by atoms with Gasteiger partial charge in [0.2, 0.25) is 5.91 Å². The van der Waals surface area contributed by atoms with Crippen molar-refractivity contribution in [1.82, 2.24) is 9.80 Å². The molecule has 0 saturated carbocycles. The number of hydrogen-bond acceptors (Lipinski definition) is 2. The quantitative estimate of drug-likeness (QED) is 0.808. The second-order valence-corrected chi connectivity index (χ2v) is 8.81. The first kappa shape index (κ1) is 18.4. The Morgan fingerprint density at radius 1 is 1.08 bits per heavy atom. The van der Waals surface area contributed by atoms with Gasteiger partial charge in [0.1, 0.15) is 0 Å². The SMILES string of the molecule is CC(C)CN1C(=O)C2(CCN(C(C)C)CC2)CC1Cc1ccccc1. The summed E-state index contributed by atoms with van der Waals surface area (Å²) in [5, 5.41) is 0. The molecule has 1 atom stereocenters. The van der Waals surface area contributed by atoms with Gasteiger partial charge in [-0.1, -0.05) is 44.2 Å². The van der Waals surface area contributed by atoms with E-state index in [1.807, 2.05) is 0 Å². The van der Waals surface area contributed by atoms with Crippen LogP contribution in [0.3, 0.4) is 0 Å². The average molecular weight is 343 g/mol. The number of carbonyl (C=O) groups is 1. The minimum atomic E-state index is -0.0975. The predicted molar refractivity (Wildman–Crippen MR) is 103 cm³/mol. The molecule has 0 radical (unpaired) electrons. The van der Waals surface area contributed by atoms with Gasteiger partial charge in [0, 0.05) is 18.6 Å². The maximum absolute atomic E-state index is 13.4. The highest BCUT2D eigenvalue weighted by atomic mass is 16.2. The van der Waals surface area contributed by atoms with E-state index in [0.29, 0.717) is 23.9 Å². The van der Waals surface area contributed by atoms with Crippen LogP contribution < -0.4 is 0 Å². The Bertz CT molecular complexity index is 573. The van der Waals surface area contributed by atoms with E-state index >= 15 is 0 Å². The minimum Gasteiger partial charge on any atom is -0.339 e. The molecular formula is C22H34N2O. The van der Waals surface area contributed by atoms with E-state index in [1.165, 1.54) is 5.56 Å². The van der Waals surface area contributed by atoms with Crippen molar-refractivity contribution < 1.29 is 4.79 Å². The molecule has 2 saturated heterocycles. The Labute approximate surface area is 153 Å². The smallest absolute Gasteiger partial charge is 0.229 e. The molecule has 25 heavy (non-hydrogen) atoms. The first-order valence-electron chi connectivity index (χ1n) is 10.0. The Morgan fingerprint density at radius 2 is 1.72 bits per heavy atom. The van der Waals surface area contributed by atoms with E-state index in [4.69, 9.17) is 0 Å². The molecule has 2 heterocycles. The highest BCUT2D eigenvalue weighted by Crippen LogP contribution is 2.45. The minimum absolute atomic E-state index is 0.0975. The molecule has 1 unspecified atom stereocenters. The molecule has 3 rings (SSSR count). The van der Waals surface area contributed by atoms with Crippen molar-refractivity contribution >= 4 is 5.91 Å². The van der Waals surface area contributed by atoms with Crippen LogP contribution in [0.4, 0.5) is 0 Å². The first-order chi connectivity index (χ1) is 11.9. The largest absolute Gasteiger partial charge is 0.339 e. The fourth-order valence-corrected chi connectivity index (χ4v) is 4.70. The lowest BCUT2D eigenvalue weighted by Crippen LogP contribution is -2.47.